The van der Waals surface area contributed by atoms with E-state index in [9.17, 15) is 4.79 Å². The highest BCUT2D eigenvalue weighted by atomic mass is 16.6. The van der Waals surface area contributed by atoms with Crippen LogP contribution in [-0.2, 0) is 14.3 Å². The van der Waals surface area contributed by atoms with Crippen LogP contribution in [0.2, 0.25) is 0 Å². The van der Waals surface area contributed by atoms with Crippen molar-refractivity contribution in [3.05, 3.63) is 54.3 Å². The molecule has 0 fully saturated rings. The molecule has 0 saturated heterocycles. The molecule has 1 aromatic rings. The van der Waals surface area contributed by atoms with Gasteiger partial charge in [0.1, 0.15) is 0 Å². The van der Waals surface area contributed by atoms with Crippen LogP contribution in [0.25, 0.3) is 5.57 Å². The maximum atomic E-state index is 11.7. The predicted octanol–water partition coefficient (Wildman–Crippen LogP) is 4.35. The molecule has 21 heavy (non-hydrogen) atoms. The van der Waals surface area contributed by atoms with Crippen molar-refractivity contribution >= 4 is 11.5 Å². The number of benzene rings is 1. The first kappa shape index (κ1) is 17.0. The monoisotopic (exact) mass is 288 g/mol. The molecule has 0 amide bonds. The van der Waals surface area contributed by atoms with Gasteiger partial charge in [-0.05, 0) is 37.8 Å². The van der Waals surface area contributed by atoms with Gasteiger partial charge in [-0.1, -0.05) is 49.4 Å². The first-order valence-corrected chi connectivity index (χ1v) is 7.34. The van der Waals surface area contributed by atoms with Crippen LogP contribution in [0.3, 0.4) is 0 Å². The number of rotatable bonds is 8. The van der Waals surface area contributed by atoms with Gasteiger partial charge in [-0.2, -0.15) is 0 Å². The fourth-order valence-electron chi connectivity index (χ4n) is 1.66. The highest BCUT2D eigenvalue weighted by Gasteiger charge is 2.14. The van der Waals surface area contributed by atoms with Crippen molar-refractivity contribution in [1.82, 2.24) is 0 Å². The van der Waals surface area contributed by atoms with E-state index in [1.165, 1.54) is 0 Å². The van der Waals surface area contributed by atoms with E-state index < -0.39 is 6.10 Å². The van der Waals surface area contributed by atoms with E-state index in [-0.39, 0.29) is 5.97 Å². The fourth-order valence-corrected chi connectivity index (χ4v) is 1.66. The summed E-state index contributed by atoms with van der Waals surface area (Å²) in [5.41, 5.74) is 2.05. The smallest absolute Gasteiger partial charge is 0.347 e. The van der Waals surface area contributed by atoms with Crippen LogP contribution in [-0.4, -0.2) is 18.7 Å². The van der Waals surface area contributed by atoms with Crippen LogP contribution in [0, 0.1) is 0 Å². The van der Waals surface area contributed by atoms with Gasteiger partial charge in [0.2, 0.25) is 0 Å². The lowest BCUT2D eigenvalue weighted by atomic mass is 10.1. The number of carbonyl (C=O) groups excluding carboxylic acids is 1. The van der Waals surface area contributed by atoms with Gasteiger partial charge in [0.25, 0.3) is 0 Å². The van der Waals surface area contributed by atoms with E-state index in [4.69, 9.17) is 9.47 Å². The fraction of sp³-hybridized carbons (Fsp3) is 0.389. The van der Waals surface area contributed by atoms with Gasteiger partial charge < -0.3 is 9.47 Å². The maximum Gasteiger partial charge on any atom is 0.347 e. The first-order valence-electron chi connectivity index (χ1n) is 7.34. The Hall–Kier alpha value is -2.03. The van der Waals surface area contributed by atoms with Crippen LogP contribution in [0.4, 0.5) is 0 Å². The van der Waals surface area contributed by atoms with Crippen LogP contribution >= 0.6 is 0 Å². The number of hydrogen-bond acceptors (Lipinski definition) is 3. The highest BCUT2D eigenvalue weighted by molar-refractivity contribution is 5.74. The Labute approximate surface area is 127 Å². The molecule has 3 nitrogen and oxygen atoms in total. The topological polar surface area (TPSA) is 35.5 Å². The summed E-state index contributed by atoms with van der Waals surface area (Å²) in [6.45, 7) is 6.10. The molecule has 0 heterocycles. The van der Waals surface area contributed by atoms with Crippen LogP contribution < -0.4 is 0 Å². The molecule has 0 bridgehead atoms. The van der Waals surface area contributed by atoms with E-state index in [1.807, 2.05) is 43.3 Å². The minimum Gasteiger partial charge on any atom is -0.486 e. The van der Waals surface area contributed by atoms with Crippen molar-refractivity contribution in [2.24, 2.45) is 0 Å². The standard InChI is InChI=1S/C18H24O3/c1-4-5-6-10-13-20-18(19)16(3)21-14-15(2)17-11-8-7-9-12-17/h5-9,11-12,14,16H,4,10,13H2,1-3H3. The van der Waals surface area contributed by atoms with E-state index in [0.717, 1.165) is 24.0 Å². The molecule has 114 valence electrons. The van der Waals surface area contributed by atoms with Crippen molar-refractivity contribution in [2.45, 2.75) is 39.7 Å². The first-order chi connectivity index (χ1) is 10.1. The third kappa shape index (κ3) is 6.80. The Morgan fingerprint density at radius 2 is 1.95 bits per heavy atom. The van der Waals surface area contributed by atoms with Crippen LogP contribution in [0.15, 0.2) is 48.7 Å². The van der Waals surface area contributed by atoms with Gasteiger partial charge in [0.05, 0.1) is 12.9 Å². The summed E-state index contributed by atoms with van der Waals surface area (Å²) in [5, 5.41) is 0. The summed E-state index contributed by atoms with van der Waals surface area (Å²) in [4.78, 5) is 11.7. The Morgan fingerprint density at radius 1 is 1.24 bits per heavy atom. The Morgan fingerprint density at radius 3 is 2.62 bits per heavy atom. The number of hydrogen-bond donors (Lipinski definition) is 0. The zero-order valence-corrected chi connectivity index (χ0v) is 13.0. The Balaban J connectivity index is 2.37. The molecule has 3 heteroatoms. The second kappa shape index (κ2) is 9.81. The quantitative estimate of drug-likeness (QED) is 0.309. The molecule has 0 N–H and O–H groups in total. The largest absolute Gasteiger partial charge is 0.486 e. The van der Waals surface area contributed by atoms with Crippen molar-refractivity contribution in [1.29, 1.82) is 0 Å². The summed E-state index contributed by atoms with van der Waals surface area (Å²) in [7, 11) is 0. The second-order valence-corrected chi connectivity index (χ2v) is 4.78. The average Bonchev–Trinajstić information content (AvgIpc) is 2.52. The van der Waals surface area contributed by atoms with Crippen molar-refractivity contribution in [3.8, 4) is 0 Å². The summed E-state index contributed by atoms with van der Waals surface area (Å²) in [6.07, 6.45) is 6.82. The zero-order chi connectivity index (χ0) is 15.5. The SMILES string of the molecule is CCC=CCCOC(=O)C(C)OC=C(C)c1ccccc1. The molecule has 0 spiro atoms. The molecule has 0 saturated carbocycles. The van der Waals surface area contributed by atoms with Gasteiger partial charge >= 0.3 is 5.97 Å². The number of allylic oxidation sites excluding steroid dienone is 2. The van der Waals surface area contributed by atoms with Gasteiger partial charge in [0.15, 0.2) is 6.10 Å². The van der Waals surface area contributed by atoms with E-state index in [1.54, 1.807) is 13.2 Å². The van der Waals surface area contributed by atoms with Crippen molar-refractivity contribution < 1.29 is 14.3 Å². The molecular formula is C18H24O3. The van der Waals surface area contributed by atoms with E-state index in [2.05, 4.69) is 13.0 Å². The lowest BCUT2D eigenvalue weighted by Crippen LogP contribution is -2.22. The summed E-state index contributed by atoms with van der Waals surface area (Å²) < 4.78 is 10.6. The number of ether oxygens (including phenoxy) is 2. The third-order valence-electron chi connectivity index (χ3n) is 2.94. The Bertz CT molecular complexity index is 474. The molecule has 0 aliphatic rings. The Kier molecular flexibility index (Phi) is 7.95. The second-order valence-electron chi connectivity index (χ2n) is 4.78. The maximum absolute atomic E-state index is 11.7. The van der Waals surface area contributed by atoms with Crippen LogP contribution in [0.5, 0.6) is 0 Å². The minimum atomic E-state index is -0.598. The molecule has 0 aromatic heterocycles. The molecule has 0 aliphatic carbocycles. The van der Waals surface area contributed by atoms with Gasteiger partial charge in [-0.25, -0.2) is 4.79 Å². The van der Waals surface area contributed by atoms with Crippen molar-refractivity contribution in [3.63, 3.8) is 0 Å². The highest BCUT2D eigenvalue weighted by Crippen LogP contribution is 2.13. The van der Waals surface area contributed by atoms with Gasteiger partial charge in [0, 0.05) is 0 Å². The molecule has 1 atom stereocenters. The van der Waals surface area contributed by atoms with Gasteiger partial charge in [-0.3, -0.25) is 0 Å². The lowest BCUT2D eigenvalue weighted by molar-refractivity contribution is -0.152. The van der Waals surface area contributed by atoms with Crippen LogP contribution in [0.1, 0.15) is 39.2 Å². The zero-order valence-electron chi connectivity index (χ0n) is 13.0. The minimum absolute atomic E-state index is 0.336. The predicted molar refractivity (Wildman–Crippen MR) is 85.6 cm³/mol. The van der Waals surface area contributed by atoms with Gasteiger partial charge in [-0.15, -0.1) is 0 Å². The summed E-state index contributed by atoms with van der Waals surface area (Å²) in [5.74, 6) is -0.336. The third-order valence-corrected chi connectivity index (χ3v) is 2.94. The molecule has 1 unspecified atom stereocenters. The van der Waals surface area contributed by atoms with E-state index >= 15 is 0 Å². The molecule has 1 aromatic carbocycles. The molecule has 0 aliphatic heterocycles. The summed E-state index contributed by atoms with van der Waals surface area (Å²) >= 11 is 0. The lowest BCUT2D eigenvalue weighted by Gasteiger charge is -2.11. The summed E-state index contributed by atoms with van der Waals surface area (Å²) in [6, 6.07) is 9.89. The average molecular weight is 288 g/mol. The molecule has 0 radical (unpaired) electrons. The molecular weight excluding hydrogens is 264 g/mol. The normalized spacial score (nSPS) is 13.2. The van der Waals surface area contributed by atoms with Crippen molar-refractivity contribution in [2.75, 3.05) is 6.61 Å². The molecule has 1 rings (SSSR count). The number of esters is 1. The van der Waals surface area contributed by atoms with E-state index in [0.29, 0.717) is 6.61 Å². The number of carbonyl (C=O) groups is 1.